The zero-order chi connectivity index (χ0) is 10.6. The molecule has 1 N–H and O–H groups in total. The molecular formula is C4H10O2. The summed E-state index contributed by atoms with van der Waals surface area (Å²) in [5.41, 5.74) is 0. The number of Topliss-reactive ketones (excluding diaryl/α,β-unsaturated/α-hetero) is 1. The highest BCUT2D eigenvalue weighted by Gasteiger charge is 1.62. The molecule has 0 saturated heterocycles. The monoisotopic (exact) mass is 96.1 g/mol. The molecule has 0 aromatic heterocycles. The molecule has 0 aliphatic carbocycles. The average molecular weight is 96.2 g/mol. The van der Waals surface area contributed by atoms with Crippen molar-refractivity contribution < 1.29 is 18.1 Å². The van der Waals surface area contributed by atoms with Crippen molar-refractivity contribution in [1.29, 1.82) is 0 Å². The highest BCUT2D eigenvalue weighted by Crippen LogP contribution is 1.50. The first-order valence-corrected chi connectivity index (χ1v) is 1.15. The Kier molecular flexibility index (Phi) is 1.91. The van der Waals surface area contributed by atoms with E-state index < -0.39 is 19.5 Å². The summed E-state index contributed by atoms with van der Waals surface area (Å²) >= 11 is 0. The van der Waals surface area contributed by atoms with Crippen molar-refractivity contribution in [1.82, 2.24) is 0 Å². The lowest BCUT2D eigenvalue weighted by Crippen LogP contribution is -1.69. The zero-order valence-electron chi connectivity index (χ0n) is 9.36. The van der Waals surface area contributed by atoms with Crippen LogP contribution in [0.1, 0.15) is 21.9 Å². The summed E-state index contributed by atoms with van der Waals surface area (Å²) in [6, 6.07) is 0. The first-order chi connectivity index (χ1) is 5.15. The minimum Gasteiger partial charge on any atom is -0.400 e. The predicted molar refractivity (Wildman–Crippen MR) is 24.5 cm³/mol. The van der Waals surface area contributed by atoms with Gasteiger partial charge in [0.15, 0.2) is 0 Å². The molecule has 0 radical (unpaired) electrons. The number of carbonyl (C=O) groups is 1. The molecule has 6 heavy (non-hydrogen) atoms. The molecule has 0 aromatic carbocycles. The summed E-state index contributed by atoms with van der Waals surface area (Å²) in [5, 5.41) is 7.00. The van der Waals surface area contributed by atoms with Gasteiger partial charge in [0.05, 0.1) is 0 Å². The van der Waals surface area contributed by atoms with Crippen molar-refractivity contribution >= 4 is 5.78 Å². The van der Waals surface area contributed by atoms with Crippen LogP contribution in [0.15, 0.2) is 0 Å². The van der Waals surface area contributed by atoms with E-state index in [2.05, 4.69) is 0 Å². The van der Waals surface area contributed by atoms with E-state index in [-0.39, 0.29) is 0 Å². The molecule has 0 spiro atoms. The number of hydrogen-bond donors (Lipinski definition) is 1. The quantitative estimate of drug-likeness (QED) is 0.468. The topological polar surface area (TPSA) is 37.3 Å². The Balaban J connectivity index is 0. The third-order valence-electron chi connectivity index (χ3n) is 0. The van der Waals surface area contributed by atoms with E-state index in [1.807, 2.05) is 0 Å². The van der Waals surface area contributed by atoms with Gasteiger partial charge in [0.2, 0.25) is 0 Å². The number of aliphatic hydroxyl groups excluding tert-OH is 1. The van der Waals surface area contributed by atoms with Gasteiger partial charge in [-0.2, -0.15) is 0 Å². The molecule has 0 aliphatic rings. The predicted octanol–water partition coefficient (Wildman–Crippen LogP) is 0.204. The van der Waals surface area contributed by atoms with Gasteiger partial charge in [0.1, 0.15) is 5.78 Å². The Morgan fingerprint density at radius 1 is 1.67 bits per heavy atom. The first kappa shape index (κ1) is 1.30. The molecule has 0 aromatic rings. The highest BCUT2D eigenvalue weighted by atomic mass is 16.2. The van der Waals surface area contributed by atoms with E-state index in [1.165, 1.54) is 0 Å². The van der Waals surface area contributed by atoms with Crippen molar-refractivity contribution in [2.75, 3.05) is 7.11 Å². The zero-order valence-corrected chi connectivity index (χ0v) is 3.36. The maximum absolute atomic E-state index is 10.4. The molecule has 2 nitrogen and oxygen atoms in total. The fraction of sp³-hybridized carbons (Fsp3) is 0.750. The second kappa shape index (κ2) is 8.82. The van der Waals surface area contributed by atoms with Crippen LogP contribution in [0.5, 0.6) is 0 Å². The largest absolute Gasteiger partial charge is 0.400 e. The van der Waals surface area contributed by atoms with E-state index in [9.17, 15) is 4.79 Å². The van der Waals surface area contributed by atoms with Crippen molar-refractivity contribution in [3.63, 3.8) is 0 Å². The normalized spacial score (nSPS) is 24.3. The van der Waals surface area contributed by atoms with Gasteiger partial charge in [0.25, 0.3) is 0 Å². The molecule has 0 atom stereocenters. The van der Waals surface area contributed by atoms with Crippen LogP contribution in [-0.2, 0) is 4.79 Å². The summed E-state index contributed by atoms with van der Waals surface area (Å²) in [6.07, 6.45) is 0. The van der Waals surface area contributed by atoms with Crippen LogP contribution in [0.2, 0.25) is 0 Å². The molecule has 0 fully saturated rings. The Morgan fingerprint density at radius 2 is 2.00 bits per heavy atom. The highest BCUT2D eigenvalue weighted by molar-refractivity contribution is 5.72. The maximum Gasteiger partial charge on any atom is 0.126 e. The summed E-state index contributed by atoms with van der Waals surface area (Å²) in [7, 11) is 1.00. The minimum absolute atomic E-state index is 1.00. The van der Waals surface area contributed by atoms with Gasteiger partial charge in [-0.3, -0.25) is 0 Å². The van der Waals surface area contributed by atoms with Gasteiger partial charge >= 0.3 is 0 Å². The standard InChI is InChI=1S/C3H6O.CH4O/c1-3(2)4;1-2/h1-2H3;2H,1H3/i1D3,2D3;. The second-order valence-electron chi connectivity index (χ2n) is 0.329. The van der Waals surface area contributed by atoms with E-state index in [0.29, 0.717) is 0 Å². The molecule has 0 saturated carbocycles. The van der Waals surface area contributed by atoms with Crippen LogP contribution < -0.4 is 0 Å². The average Bonchev–Trinajstić information content (AvgIpc) is 1.87. The van der Waals surface area contributed by atoms with Crippen molar-refractivity contribution in [3.8, 4) is 0 Å². The van der Waals surface area contributed by atoms with Crippen LogP contribution in [0.3, 0.4) is 0 Å². The number of ketones is 1. The molecule has 0 aliphatic heterocycles. The van der Waals surface area contributed by atoms with Crippen LogP contribution in [0.25, 0.3) is 0 Å². The molecule has 0 amide bonds. The molecular weight excluding hydrogens is 80.0 g/mol. The van der Waals surface area contributed by atoms with Gasteiger partial charge in [0, 0.05) is 15.3 Å². The van der Waals surface area contributed by atoms with E-state index in [0.717, 1.165) is 7.11 Å². The fourth-order valence-electron chi connectivity index (χ4n) is 0. The lowest BCUT2D eigenvalue weighted by Gasteiger charge is -1.56. The van der Waals surface area contributed by atoms with Crippen molar-refractivity contribution in [3.05, 3.63) is 0 Å². The molecule has 0 rings (SSSR count). The minimum atomic E-state index is -3.01. The fourth-order valence-corrected chi connectivity index (χ4v) is 0. The molecule has 0 unspecified atom stereocenters. The van der Waals surface area contributed by atoms with Crippen molar-refractivity contribution in [2.24, 2.45) is 0 Å². The summed E-state index contributed by atoms with van der Waals surface area (Å²) in [4.78, 5) is 10.4. The van der Waals surface area contributed by atoms with Crippen LogP contribution >= 0.6 is 0 Å². The van der Waals surface area contributed by atoms with Crippen LogP contribution in [-0.4, -0.2) is 18.0 Å². The van der Waals surface area contributed by atoms with Gasteiger partial charge in [-0.05, 0) is 13.7 Å². The van der Waals surface area contributed by atoms with Gasteiger partial charge in [-0.25, -0.2) is 0 Å². The lowest BCUT2D eigenvalue weighted by molar-refractivity contribution is -0.114. The van der Waals surface area contributed by atoms with Gasteiger partial charge < -0.3 is 9.90 Å². The molecule has 2 heteroatoms. The molecule has 0 bridgehead atoms. The van der Waals surface area contributed by atoms with E-state index in [4.69, 9.17) is 13.3 Å². The van der Waals surface area contributed by atoms with Crippen molar-refractivity contribution in [2.45, 2.75) is 13.7 Å². The van der Waals surface area contributed by atoms with Gasteiger partial charge in [-0.1, -0.05) is 0 Å². The SMILES string of the molecule is CO.[2H]C([2H])([2H])C(=O)C([2H])([2H])[2H]. The maximum atomic E-state index is 10.4. The molecule has 0 heterocycles. The summed E-state index contributed by atoms with van der Waals surface area (Å²) < 4.78 is 38.5. The van der Waals surface area contributed by atoms with Gasteiger partial charge in [-0.15, -0.1) is 0 Å². The smallest absolute Gasteiger partial charge is 0.126 e. The summed E-state index contributed by atoms with van der Waals surface area (Å²) in [6.45, 7) is -6.02. The third kappa shape index (κ3) is 183. The Labute approximate surface area is 46.2 Å². The van der Waals surface area contributed by atoms with E-state index in [1.54, 1.807) is 0 Å². The number of hydrogen-bond acceptors (Lipinski definition) is 2. The summed E-state index contributed by atoms with van der Waals surface area (Å²) in [5.74, 6) is -1.68. The first-order valence-electron chi connectivity index (χ1n) is 4.15. The Bertz CT molecular complexity index is 129. The van der Waals surface area contributed by atoms with E-state index >= 15 is 0 Å². The van der Waals surface area contributed by atoms with Crippen LogP contribution in [0.4, 0.5) is 0 Å². The Hall–Kier alpha value is -0.370. The second-order valence-corrected chi connectivity index (χ2v) is 0.329. The van der Waals surface area contributed by atoms with Crippen LogP contribution in [0, 0.1) is 0 Å². The molecule has 38 valence electrons. The lowest BCUT2D eigenvalue weighted by atomic mass is 10.6. The number of carbonyl (C=O) groups excluding carboxylic acids is 1. The third-order valence-corrected chi connectivity index (χ3v) is 0. The number of rotatable bonds is 0. The Morgan fingerprint density at radius 3 is 2.00 bits per heavy atom. The number of aliphatic hydroxyl groups is 1.